The summed E-state index contributed by atoms with van der Waals surface area (Å²) in [6.07, 6.45) is 7.84. The zero-order chi connectivity index (χ0) is 17.5. The van der Waals surface area contributed by atoms with Gasteiger partial charge in [0.1, 0.15) is 6.33 Å². The summed E-state index contributed by atoms with van der Waals surface area (Å²) in [6, 6.07) is 8.28. The molecule has 4 N–H and O–H groups in total. The summed E-state index contributed by atoms with van der Waals surface area (Å²) in [7, 11) is 0. The maximum Gasteiger partial charge on any atom is 0.227 e. The van der Waals surface area contributed by atoms with Crippen LogP contribution in [0.5, 0.6) is 0 Å². The number of nitrogens with two attached hydrogens (primary N) is 1. The van der Waals surface area contributed by atoms with E-state index in [1.54, 1.807) is 12.7 Å². The number of aromatic amines is 1. The van der Waals surface area contributed by atoms with E-state index in [-0.39, 0.29) is 36.9 Å². The maximum atomic E-state index is 6.27. The van der Waals surface area contributed by atoms with E-state index in [0.29, 0.717) is 22.9 Å². The summed E-state index contributed by atoms with van der Waals surface area (Å²) in [5, 5.41) is 3.43. The standard InChI is InChI=1S/C18H20N8.2ClH/c19-11-5-1-2-6-12(11)23-18-24-16-15(20-9-21-16)17(25-18)26-10-22-13-7-3-4-8-14(13)26;;/h3-4,7-12H,1-2,5-6,19H2,(H2,20,21,23,24,25);2*1H/t11-,12-;;/m1../s1. The Morgan fingerprint density at radius 1 is 1.07 bits per heavy atom. The third-order valence-corrected chi connectivity index (χ3v) is 5.08. The zero-order valence-corrected chi connectivity index (χ0v) is 16.7. The van der Waals surface area contributed by atoms with Gasteiger partial charge in [-0.2, -0.15) is 9.97 Å². The van der Waals surface area contributed by atoms with Crippen LogP contribution in [0.25, 0.3) is 28.0 Å². The Morgan fingerprint density at radius 2 is 1.89 bits per heavy atom. The molecular weight excluding hydrogens is 399 g/mol. The highest BCUT2D eigenvalue weighted by Crippen LogP contribution is 2.24. The number of hydrogen-bond acceptors (Lipinski definition) is 6. The molecule has 1 saturated carbocycles. The lowest BCUT2D eigenvalue weighted by Crippen LogP contribution is -2.43. The number of imidazole rings is 2. The summed E-state index contributed by atoms with van der Waals surface area (Å²) in [4.78, 5) is 21.3. The average Bonchev–Trinajstić information content (AvgIpc) is 3.30. The Hall–Kier alpha value is -2.42. The number of aromatic nitrogens is 6. The van der Waals surface area contributed by atoms with Crippen LogP contribution in [0.4, 0.5) is 5.95 Å². The smallest absolute Gasteiger partial charge is 0.227 e. The fraction of sp³-hybridized carbons (Fsp3) is 0.333. The number of hydrogen-bond donors (Lipinski definition) is 3. The van der Waals surface area contributed by atoms with Gasteiger partial charge in [0.05, 0.1) is 17.4 Å². The summed E-state index contributed by atoms with van der Waals surface area (Å²) in [6.45, 7) is 0. The van der Waals surface area contributed by atoms with Crippen molar-refractivity contribution in [3.63, 3.8) is 0 Å². The Labute approximate surface area is 174 Å². The fourth-order valence-corrected chi connectivity index (χ4v) is 3.69. The first kappa shape index (κ1) is 20.3. The third-order valence-electron chi connectivity index (χ3n) is 5.08. The molecule has 3 aromatic heterocycles. The summed E-state index contributed by atoms with van der Waals surface area (Å²) in [5.41, 5.74) is 9.58. The molecule has 5 rings (SSSR count). The predicted molar refractivity (Wildman–Crippen MR) is 115 cm³/mol. The second kappa shape index (κ2) is 8.30. The molecule has 0 unspecified atom stereocenters. The first-order valence-corrected chi connectivity index (χ1v) is 8.95. The van der Waals surface area contributed by atoms with Crippen molar-refractivity contribution in [1.29, 1.82) is 0 Å². The molecule has 148 valence electrons. The van der Waals surface area contributed by atoms with Gasteiger partial charge in [0.15, 0.2) is 17.0 Å². The monoisotopic (exact) mass is 420 g/mol. The quantitative estimate of drug-likeness (QED) is 0.469. The minimum atomic E-state index is 0. The number of nitrogens with zero attached hydrogens (tertiary/aromatic N) is 5. The first-order chi connectivity index (χ1) is 12.8. The van der Waals surface area contributed by atoms with E-state index in [2.05, 4.69) is 25.3 Å². The van der Waals surface area contributed by atoms with Crippen molar-refractivity contribution in [3.8, 4) is 5.82 Å². The molecule has 0 spiro atoms. The molecule has 0 bridgehead atoms. The third kappa shape index (κ3) is 3.50. The lowest BCUT2D eigenvalue weighted by molar-refractivity contribution is 0.402. The Bertz CT molecular complexity index is 1080. The molecule has 0 radical (unpaired) electrons. The highest BCUT2D eigenvalue weighted by atomic mass is 35.5. The SMILES string of the molecule is Cl.Cl.N[C@@H]1CCCC[C@H]1Nc1nc(-n2cnc3ccccc32)c2nc[nH]c2n1. The maximum absolute atomic E-state index is 6.27. The molecule has 1 aliphatic rings. The van der Waals surface area contributed by atoms with Crippen molar-refractivity contribution in [2.24, 2.45) is 5.73 Å². The van der Waals surface area contributed by atoms with Gasteiger partial charge in [-0.1, -0.05) is 25.0 Å². The minimum Gasteiger partial charge on any atom is -0.350 e. The molecule has 1 fully saturated rings. The number of anilines is 1. The van der Waals surface area contributed by atoms with Crippen LogP contribution in [-0.4, -0.2) is 41.6 Å². The number of halogens is 2. The number of benzene rings is 1. The van der Waals surface area contributed by atoms with Crippen molar-refractivity contribution in [2.45, 2.75) is 37.8 Å². The molecule has 1 aliphatic carbocycles. The van der Waals surface area contributed by atoms with E-state index in [1.807, 2.05) is 28.8 Å². The van der Waals surface area contributed by atoms with Crippen LogP contribution in [0.2, 0.25) is 0 Å². The van der Waals surface area contributed by atoms with Crippen molar-refractivity contribution in [1.82, 2.24) is 29.5 Å². The molecule has 4 aromatic rings. The van der Waals surface area contributed by atoms with Crippen LogP contribution in [-0.2, 0) is 0 Å². The minimum absolute atomic E-state index is 0. The van der Waals surface area contributed by atoms with Gasteiger partial charge in [0.25, 0.3) is 0 Å². The second-order valence-electron chi connectivity index (χ2n) is 6.77. The van der Waals surface area contributed by atoms with E-state index >= 15 is 0 Å². The molecule has 0 amide bonds. The molecule has 1 aromatic carbocycles. The van der Waals surface area contributed by atoms with Crippen LogP contribution >= 0.6 is 24.8 Å². The Morgan fingerprint density at radius 3 is 2.75 bits per heavy atom. The lowest BCUT2D eigenvalue weighted by Gasteiger charge is -2.29. The van der Waals surface area contributed by atoms with Crippen molar-refractivity contribution < 1.29 is 0 Å². The van der Waals surface area contributed by atoms with E-state index in [0.717, 1.165) is 23.9 Å². The van der Waals surface area contributed by atoms with Crippen molar-refractivity contribution >= 4 is 53.0 Å². The largest absolute Gasteiger partial charge is 0.350 e. The summed E-state index contributed by atoms with van der Waals surface area (Å²) >= 11 is 0. The number of fused-ring (bicyclic) bond motifs is 2. The average molecular weight is 421 g/mol. The number of para-hydroxylation sites is 2. The molecule has 8 nitrogen and oxygen atoms in total. The Kier molecular flexibility index (Phi) is 6.02. The van der Waals surface area contributed by atoms with Crippen LogP contribution in [0.15, 0.2) is 36.9 Å². The van der Waals surface area contributed by atoms with Crippen LogP contribution in [0.3, 0.4) is 0 Å². The second-order valence-corrected chi connectivity index (χ2v) is 6.77. The Balaban J connectivity index is 0.00000112. The fourth-order valence-electron chi connectivity index (χ4n) is 3.69. The van der Waals surface area contributed by atoms with Gasteiger partial charge < -0.3 is 16.0 Å². The van der Waals surface area contributed by atoms with Gasteiger partial charge in [-0.05, 0) is 25.0 Å². The van der Waals surface area contributed by atoms with Crippen LogP contribution in [0.1, 0.15) is 25.7 Å². The zero-order valence-electron chi connectivity index (χ0n) is 15.1. The topological polar surface area (TPSA) is 110 Å². The van der Waals surface area contributed by atoms with E-state index < -0.39 is 0 Å². The predicted octanol–water partition coefficient (Wildman–Crippen LogP) is 3.22. The van der Waals surface area contributed by atoms with Crippen molar-refractivity contribution in [2.75, 3.05) is 5.32 Å². The molecular formula is C18H22Cl2N8. The van der Waals surface area contributed by atoms with Crippen LogP contribution < -0.4 is 11.1 Å². The molecule has 3 heterocycles. The van der Waals surface area contributed by atoms with Gasteiger partial charge in [0.2, 0.25) is 5.95 Å². The lowest BCUT2D eigenvalue weighted by atomic mass is 9.91. The molecule has 0 aliphatic heterocycles. The number of rotatable bonds is 3. The molecule has 0 saturated heterocycles. The van der Waals surface area contributed by atoms with Gasteiger partial charge in [-0.25, -0.2) is 9.97 Å². The van der Waals surface area contributed by atoms with Crippen LogP contribution in [0, 0.1) is 0 Å². The number of nitrogens with one attached hydrogen (secondary N) is 2. The molecule has 2 atom stereocenters. The summed E-state index contributed by atoms with van der Waals surface area (Å²) in [5.74, 6) is 1.27. The number of H-pyrrole nitrogens is 1. The highest BCUT2D eigenvalue weighted by Gasteiger charge is 2.23. The van der Waals surface area contributed by atoms with E-state index in [9.17, 15) is 0 Å². The first-order valence-electron chi connectivity index (χ1n) is 8.95. The normalized spacial score (nSPS) is 19.2. The van der Waals surface area contributed by atoms with Gasteiger partial charge in [0, 0.05) is 12.1 Å². The highest BCUT2D eigenvalue weighted by molar-refractivity contribution is 5.86. The molecule has 10 heteroatoms. The van der Waals surface area contributed by atoms with E-state index in [1.165, 1.54) is 12.8 Å². The van der Waals surface area contributed by atoms with Gasteiger partial charge >= 0.3 is 0 Å². The molecule has 28 heavy (non-hydrogen) atoms. The summed E-state index contributed by atoms with van der Waals surface area (Å²) < 4.78 is 1.95. The van der Waals surface area contributed by atoms with Crippen molar-refractivity contribution in [3.05, 3.63) is 36.9 Å². The van der Waals surface area contributed by atoms with Gasteiger partial charge in [-0.15, -0.1) is 24.8 Å². The van der Waals surface area contributed by atoms with Gasteiger partial charge in [-0.3, -0.25) is 4.57 Å². The van der Waals surface area contributed by atoms with E-state index in [4.69, 9.17) is 10.7 Å².